The SMILES string of the molecule is BrCC1(OC2CCOC2)CCOCC1. The molecule has 0 aromatic rings. The van der Waals surface area contributed by atoms with Gasteiger partial charge in [0.2, 0.25) is 0 Å². The molecule has 0 aromatic heterocycles. The number of hydrogen-bond donors (Lipinski definition) is 0. The van der Waals surface area contributed by atoms with Crippen LogP contribution in [0.3, 0.4) is 0 Å². The molecule has 1 unspecified atom stereocenters. The first-order valence-electron chi connectivity index (χ1n) is 5.24. The first-order chi connectivity index (χ1) is 6.85. The molecule has 0 N–H and O–H groups in total. The van der Waals surface area contributed by atoms with Gasteiger partial charge >= 0.3 is 0 Å². The molecule has 82 valence electrons. The summed E-state index contributed by atoms with van der Waals surface area (Å²) < 4.78 is 16.8. The van der Waals surface area contributed by atoms with E-state index in [2.05, 4.69) is 15.9 Å². The van der Waals surface area contributed by atoms with Crippen LogP contribution in [0.4, 0.5) is 0 Å². The number of alkyl halides is 1. The third-order valence-electron chi connectivity index (χ3n) is 2.95. The fourth-order valence-electron chi connectivity index (χ4n) is 1.99. The van der Waals surface area contributed by atoms with Gasteiger partial charge in [-0.2, -0.15) is 0 Å². The number of ether oxygens (including phenoxy) is 3. The van der Waals surface area contributed by atoms with Gasteiger partial charge in [0.25, 0.3) is 0 Å². The molecule has 3 nitrogen and oxygen atoms in total. The zero-order valence-corrected chi connectivity index (χ0v) is 9.92. The molecule has 0 amide bonds. The summed E-state index contributed by atoms with van der Waals surface area (Å²) in [7, 11) is 0. The number of halogens is 1. The minimum Gasteiger partial charge on any atom is -0.381 e. The zero-order valence-electron chi connectivity index (χ0n) is 8.34. The third kappa shape index (κ3) is 2.48. The highest BCUT2D eigenvalue weighted by Gasteiger charge is 2.36. The van der Waals surface area contributed by atoms with Crippen molar-refractivity contribution in [1.29, 1.82) is 0 Å². The lowest BCUT2D eigenvalue weighted by atomic mass is 9.96. The smallest absolute Gasteiger partial charge is 0.0838 e. The second-order valence-electron chi connectivity index (χ2n) is 4.03. The predicted octanol–water partition coefficient (Wildman–Crippen LogP) is 1.74. The molecule has 2 aliphatic heterocycles. The molecule has 0 spiro atoms. The van der Waals surface area contributed by atoms with Crippen LogP contribution in [-0.2, 0) is 14.2 Å². The molecule has 4 heteroatoms. The summed E-state index contributed by atoms with van der Waals surface area (Å²) in [5.41, 5.74) is -0.00336. The third-order valence-corrected chi connectivity index (χ3v) is 3.97. The highest BCUT2D eigenvalue weighted by molar-refractivity contribution is 9.09. The lowest BCUT2D eigenvalue weighted by Crippen LogP contribution is -2.43. The van der Waals surface area contributed by atoms with E-state index in [0.29, 0.717) is 6.10 Å². The lowest BCUT2D eigenvalue weighted by Gasteiger charge is -2.37. The summed E-state index contributed by atoms with van der Waals surface area (Å²) in [6.45, 7) is 3.24. The van der Waals surface area contributed by atoms with Crippen LogP contribution in [0.25, 0.3) is 0 Å². The standard InChI is InChI=1S/C10H17BrO3/c11-8-10(2-5-12-6-3-10)14-9-1-4-13-7-9/h9H,1-8H2. The highest BCUT2D eigenvalue weighted by Crippen LogP contribution is 2.30. The van der Waals surface area contributed by atoms with Crippen LogP contribution in [0.1, 0.15) is 19.3 Å². The average Bonchev–Trinajstić information content (AvgIpc) is 2.72. The molecule has 0 bridgehead atoms. The van der Waals surface area contributed by atoms with Crippen LogP contribution >= 0.6 is 15.9 Å². The summed E-state index contributed by atoms with van der Waals surface area (Å²) in [5, 5.41) is 0.903. The van der Waals surface area contributed by atoms with Gasteiger partial charge in [0.1, 0.15) is 0 Å². The summed E-state index contributed by atoms with van der Waals surface area (Å²) in [6, 6.07) is 0. The van der Waals surface area contributed by atoms with Crippen LogP contribution in [0.15, 0.2) is 0 Å². The van der Waals surface area contributed by atoms with Gasteiger partial charge < -0.3 is 14.2 Å². The molecule has 2 rings (SSSR count). The molecule has 1 atom stereocenters. The van der Waals surface area contributed by atoms with Gasteiger partial charge in [-0.15, -0.1) is 0 Å². The van der Waals surface area contributed by atoms with Gasteiger partial charge in [-0.1, -0.05) is 15.9 Å². The van der Waals surface area contributed by atoms with Gasteiger partial charge in [-0.3, -0.25) is 0 Å². The maximum Gasteiger partial charge on any atom is 0.0838 e. The molecule has 14 heavy (non-hydrogen) atoms. The van der Waals surface area contributed by atoms with Crippen molar-refractivity contribution in [2.45, 2.75) is 31.0 Å². The van der Waals surface area contributed by atoms with E-state index in [1.165, 1.54) is 0 Å². The van der Waals surface area contributed by atoms with Gasteiger partial charge in [0.15, 0.2) is 0 Å². The maximum atomic E-state index is 6.14. The van der Waals surface area contributed by atoms with E-state index in [-0.39, 0.29) is 5.60 Å². The highest BCUT2D eigenvalue weighted by atomic mass is 79.9. The number of rotatable bonds is 3. The summed E-state index contributed by atoms with van der Waals surface area (Å²) in [4.78, 5) is 0. The van der Waals surface area contributed by atoms with Crippen LogP contribution in [0.5, 0.6) is 0 Å². The predicted molar refractivity (Wildman–Crippen MR) is 56.9 cm³/mol. The molecule has 2 fully saturated rings. The Balaban J connectivity index is 1.89. The fraction of sp³-hybridized carbons (Fsp3) is 1.00. The topological polar surface area (TPSA) is 27.7 Å². The van der Waals surface area contributed by atoms with Crippen molar-refractivity contribution in [1.82, 2.24) is 0 Å². The molecule has 2 heterocycles. The van der Waals surface area contributed by atoms with Crippen molar-refractivity contribution in [3.8, 4) is 0 Å². The zero-order chi connectivity index (χ0) is 9.86. The van der Waals surface area contributed by atoms with Gasteiger partial charge in [0.05, 0.1) is 18.3 Å². The van der Waals surface area contributed by atoms with Crippen LogP contribution < -0.4 is 0 Å². The Kier molecular flexibility index (Phi) is 3.82. The van der Waals surface area contributed by atoms with Crippen molar-refractivity contribution in [2.75, 3.05) is 31.8 Å². The average molecular weight is 265 g/mol. The van der Waals surface area contributed by atoms with Crippen molar-refractivity contribution in [3.63, 3.8) is 0 Å². The Bertz CT molecular complexity index is 174. The normalized spacial score (nSPS) is 31.9. The molecular formula is C10H17BrO3. The van der Waals surface area contributed by atoms with Gasteiger partial charge in [-0.05, 0) is 6.42 Å². The Morgan fingerprint density at radius 1 is 1.21 bits per heavy atom. The first kappa shape index (κ1) is 10.9. The van der Waals surface area contributed by atoms with E-state index in [9.17, 15) is 0 Å². The summed E-state index contributed by atoms with van der Waals surface area (Å²) in [6.07, 6.45) is 3.32. The van der Waals surface area contributed by atoms with Crippen molar-refractivity contribution < 1.29 is 14.2 Å². The van der Waals surface area contributed by atoms with E-state index in [1.807, 2.05) is 0 Å². The molecule has 2 aliphatic rings. The van der Waals surface area contributed by atoms with Gasteiger partial charge in [-0.25, -0.2) is 0 Å². The Morgan fingerprint density at radius 3 is 2.57 bits per heavy atom. The van der Waals surface area contributed by atoms with Crippen molar-refractivity contribution in [3.05, 3.63) is 0 Å². The van der Waals surface area contributed by atoms with E-state index in [0.717, 1.165) is 51.0 Å². The van der Waals surface area contributed by atoms with E-state index >= 15 is 0 Å². The lowest BCUT2D eigenvalue weighted by molar-refractivity contribution is -0.128. The second kappa shape index (κ2) is 4.92. The Labute approximate surface area is 93.2 Å². The molecule has 0 radical (unpaired) electrons. The van der Waals surface area contributed by atoms with Gasteiger partial charge in [0, 0.05) is 38.0 Å². The quantitative estimate of drug-likeness (QED) is 0.727. The van der Waals surface area contributed by atoms with Crippen molar-refractivity contribution in [2.24, 2.45) is 0 Å². The molecular weight excluding hydrogens is 248 g/mol. The molecule has 2 saturated heterocycles. The summed E-state index contributed by atoms with van der Waals surface area (Å²) in [5.74, 6) is 0. The van der Waals surface area contributed by atoms with E-state index in [1.54, 1.807) is 0 Å². The Morgan fingerprint density at radius 2 is 2.00 bits per heavy atom. The largest absolute Gasteiger partial charge is 0.381 e. The van der Waals surface area contributed by atoms with E-state index < -0.39 is 0 Å². The monoisotopic (exact) mass is 264 g/mol. The maximum absolute atomic E-state index is 6.14. The fourth-order valence-corrected chi connectivity index (χ4v) is 2.68. The molecule has 0 aliphatic carbocycles. The van der Waals surface area contributed by atoms with E-state index in [4.69, 9.17) is 14.2 Å². The Hall–Kier alpha value is 0.360. The molecule has 0 saturated carbocycles. The number of hydrogen-bond acceptors (Lipinski definition) is 3. The second-order valence-corrected chi connectivity index (χ2v) is 4.59. The first-order valence-corrected chi connectivity index (χ1v) is 6.36. The van der Waals surface area contributed by atoms with Crippen LogP contribution in [0, 0.1) is 0 Å². The minimum atomic E-state index is -0.00336. The molecule has 0 aromatic carbocycles. The summed E-state index contributed by atoms with van der Waals surface area (Å²) >= 11 is 3.55. The van der Waals surface area contributed by atoms with Crippen LogP contribution in [0.2, 0.25) is 0 Å². The van der Waals surface area contributed by atoms with Crippen LogP contribution in [-0.4, -0.2) is 43.5 Å². The van der Waals surface area contributed by atoms with Crippen molar-refractivity contribution >= 4 is 15.9 Å². The minimum absolute atomic E-state index is 0.00336.